The topological polar surface area (TPSA) is 62.7 Å². The van der Waals surface area contributed by atoms with E-state index in [4.69, 9.17) is 9.84 Å². The fraction of sp³-hybridized carbons (Fsp3) is 0.412. The van der Waals surface area contributed by atoms with Crippen LogP contribution in [0.2, 0.25) is 0 Å². The van der Waals surface area contributed by atoms with Crippen LogP contribution in [0.1, 0.15) is 29.9 Å². The molecule has 1 aromatic carbocycles. The van der Waals surface area contributed by atoms with Crippen LogP contribution in [0.25, 0.3) is 10.6 Å². The average molecular weight is 332 g/mol. The summed E-state index contributed by atoms with van der Waals surface area (Å²) < 4.78 is 5.76. The maximum absolute atomic E-state index is 10.9. The van der Waals surface area contributed by atoms with Gasteiger partial charge in [-0.2, -0.15) is 0 Å². The molecular weight excluding hydrogens is 312 g/mol. The summed E-state index contributed by atoms with van der Waals surface area (Å²) in [6.45, 7) is 7.00. The summed E-state index contributed by atoms with van der Waals surface area (Å²) in [7, 11) is 0. The number of nitrogens with zero attached hydrogens (tertiary/aromatic N) is 2. The lowest BCUT2D eigenvalue weighted by Crippen LogP contribution is -2.44. The molecule has 1 N–H and O–H groups in total. The number of morpholine rings is 1. The summed E-state index contributed by atoms with van der Waals surface area (Å²) in [4.78, 5) is 17.4. The third-order valence-electron chi connectivity index (χ3n) is 3.83. The van der Waals surface area contributed by atoms with Crippen LogP contribution in [0.15, 0.2) is 29.6 Å². The van der Waals surface area contributed by atoms with Crippen LogP contribution in [0.5, 0.6) is 0 Å². The molecule has 2 heterocycles. The number of ether oxygens (including phenoxy) is 1. The number of aromatic nitrogens is 1. The molecule has 1 aliphatic heterocycles. The molecule has 0 spiro atoms. The van der Waals surface area contributed by atoms with Crippen molar-refractivity contribution in [1.82, 2.24) is 9.88 Å². The van der Waals surface area contributed by atoms with Gasteiger partial charge in [-0.3, -0.25) is 4.90 Å². The van der Waals surface area contributed by atoms with Gasteiger partial charge in [-0.05, 0) is 19.4 Å². The van der Waals surface area contributed by atoms with Crippen molar-refractivity contribution in [2.24, 2.45) is 0 Å². The van der Waals surface area contributed by atoms with Crippen LogP contribution in [0.3, 0.4) is 0 Å². The van der Waals surface area contributed by atoms with E-state index in [9.17, 15) is 4.79 Å². The molecular formula is C17H20N2O3S. The Morgan fingerprint density at radius 1 is 1.30 bits per heavy atom. The number of rotatable bonds is 4. The maximum atomic E-state index is 10.9. The molecule has 0 aliphatic carbocycles. The molecule has 2 aromatic rings. The lowest BCUT2D eigenvalue weighted by atomic mass is 10.1. The summed E-state index contributed by atoms with van der Waals surface area (Å²) in [5, 5.41) is 11.3. The van der Waals surface area contributed by atoms with Crippen LogP contribution < -0.4 is 0 Å². The first kappa shape index (κ1) is 16.1. The Kier molecular flexibility index (Phi) is 4.75. The highest BCUT2D eigenvalue weighted by atomic mass is 32.1. The number of hydrogen-bond acceptors (Lipinski definition) is 5. The first-order chi connectivity index (χ1) is 11.0. The molecule has 1 fully saturated rings. The standard InChI is InChI=1S/C17H20N2O3S/c1-11-7-19(8-12(2)22-11)9-13-3-5-14(6-4-13)16-18-15(10-23-16)17(20)21/h3-6,10-12H,7-9H2,1-2H3,(H,20,21). The number of thiazole rings is 1. The van der Waals surface area contributed by atoms with E-state index in [2.05, 4.69) is 35.9 Å². The molecule has 1 saturated heterocycles. The molecule has 1 aromatic heterocycles. The van der Waals surface area contributed by atoms with Gasteiger partial charge in [-0.1, -0.05) is 24.3 Å². The first-order valence-corrected chi connectivity index (χ1v) is 8.55. The van der Waals surface area contributed by atoms with E-state index in [1.807, 2.05) is 12.1 Å². The molecule has 0 bridgehead atoms. The molecule has 0 amide bonds. The van der Waals surface area contributed by atoms with Crippen LogP contribution in [0, 0.1) is 0 Å². The number of benzene rings is 1. The molecule has 0 radical (unpaired) electrons. The SMILES string of the molecule is CC1CN(Cc2ccc(-c3nc(C(=O)O)cs3)cc2)CC(C)O1. The molecule has 0 saturated carbocycles. The summed E-state index contributed by atoms with van der Waals surface area (Å²) in [6.07, 6.45) is 0.533. The van der Waals surface area contributed by atoms with Crippen LogP contribution in [-0.2, 0) is 11.3 Å². The highest BCUT2D eigenvalue weighted by Gasteiger charge is 2.22. The predicted molar refractivity (Wildman–Crippen MR) is 89.8 cm³/mol. The molecule has 2 atom stereocenters. The summed E-state index contributed by atoms with van der Waals surface area (Å²) in [5.41, 5.74) is 2.30. The zero-order chi connectivity index (χ0) is 16.4. The molecule has 5 nitrogen and oxygen atoms in total. The molecule has 2 unspecified atom stereocenters. The minimum absolute atomic E-state index is 0.102. The molecule has 23 heavy (non-hydrogen) atoms. The first-order valence-electron chi connectivity index (χ1n) is 7.67. The number of hydrogen-bond donors (Lipinski definition) is 1. The molecule has 3 rings (SSSR count). The number of carboxylic acid groups (broad SMARTS) is 1. The van der Waals surface area contributed by atoms with Gasteiger partial charge >= 0.3 is 5.97 Å². The van der Waals surface area contributed by atoms with Gasteiger partial charge in [0.15, 0.2) is 5.69 Å². The minimum atomic E-state index is -0.986. The second-order valence-electron chi connectivity index (χ2n) is 5.99. The third kappa shape index (κ3) is 3.96. The van der Waals surface area contributed by atoms with Crippen molar-refractivity contribution >= 4 is 17.3 Å². The highest BCUT2D eigenvalue weighted by molar-refractivity contribution is 7.13. The van der Waals surface area contributed by atoms with E-state index in [0.29, 0.717) is 0 Å². The van der Waals surface area contributed by atoms with Gasteiger partial charge < -0.3 is 9.84 Å². The van der Waals surface area contributed by atoms with Gasteiger partial charge in [-0.25, -0.2) is 9.78 Å². The van der Waals surface area contributed by atoms with Crippen LogP contribution >= 0.6 is 11.3 Å². The van der Waals surface area contributed by atoms with Crippen molar-refractivity contribution in [3.8, 4) is 10.6 Å². The van der Waals surface area contributed by atoms with Crippen molar-refractivity contribution < 1.29 is 14.6 Å². The predicted octanol–water partition coefficient (Wildman–Crippen LogP) is 3.12. The average Bonchev–Trinajstić information content (AvgIpc) is 2.97. The van der Waals surface area contributed by atoms with Gasteiger partial charge in [0.05, 0.1) is 12.2 Å². The van der Waals surface area contributed by atoms with Gasteiger partial charge in [0, 0.05) is 30.6 Å². The Morgan fingerprint density at radius 3 is 2.52 bits per heavy atom. The zero-order valence-corrected chi connectivity index (χ0v) is 14.0. The van der Waals surface area contributed by atoms with E-state index in [-0.39, 0.29) is 17.9 Å². The van der Waals surface area contributed by atoms with E-state index >= 15 is 0 Å². The fourth-order valence-electron chi connectivity index (χ4n) is 2.93. The van der Waals surface area contributed by atoms with Crippen molar-refractivity contribution in [3.05, 3.63) is 40.9 Å². The van der Waals surface area contributed by atoms with Gasteiger partial charge in [-0.15, -0.1) is 11.3 Å². The highest BCUT2D eigenvalue weighted by Crippen LogP contribution is 2.24. The lowest BCUT2D eigenvalue weighted by Gasteiger charge is -2.35. The van der Waals surface area contributed by atoms with Gasteiger partial charge in [0.2, 0.25) is 0 Å². The third-order valence-corrected chi connectivity index (χ3v) is 4.72. The lowest BCUT2D eigenvalue weighted by molar-refractivity contribution is -0.0704. The molecule has 6 heteroatoms. The minimum Gasteiger partial charge on any atom is -0.476 e. The van der Waals surface area contributed by atoms with E-state index in [1.54, 1.807) is 5.38 Å². The Balaban J connectivity index is 1.68. The van der Waals surface area contributed by atoms with Crippen molar-refractivity contribution in [3.63, 3.8) is 0 Å². The van der Waals surface area contributed by atoms with Crippen LogP contribution in [-0.4, -0.2) is 46.3 Å². The normalized spacial score (nSPS) is 22.2. The summed E-state index contributed by atoms with van der Waals surface area (Å²) in [5.74, 6) is -0.986. The largest absolute Gasteiger partial charge is 0.476 e. The molecule has 1 aliphatic rings. The second-order valence-corrected chi connectivity index (χ2v) is 6.85. The zero-order valence-electron chi connectivity index (χ0n) is 13.2. The number of carboxylic acids is 1. The Hall–Kier alpha value is -1.76. The maximum Gasteiger partial charge on any atom is 0.355 e. The van der Waals surface area contributed by atoms with E-state index in [0.717, 1.165) is 30.2 Å². The van der Waals surface area contributed by atoms with E-state index < -0.39 is 5.97 Å². The smallest absolute Gasteiger partial charge is 0.355 e. The number of aromatic carboxylic acids is 1. The quantitative estimate of drug-likeness (QED) is 0.932. The molecule has 122 valence electrons. The fourth-order valence-corrected chi connectivity index (χ4v) is 3.73. The Labute approximate surface area is 139 Å². The second kappa shape index (κ2) is 6.78. The van der Waals surface area contributed by atoms with E-state index in [1.165, 1.54) is 16.9 Å². The van der Waals surface area contributed by atoms with Crippen molar-refractivity contribution in [2.45, 2.75) is 32.6 Å². The monoisotopic (exact) mass is 332 g/mol. The number of carbonyl (C=O) groups is 1. The van der Waals surface area contributed by atoms with Gasteiger partial charge in [0.1, 0.15) is 5.01 Å². The summed E-state index contributed by atoms with van der Waals surface area (Å²) in [6, 6.07) is 8.18. The summed E-state index contributed by atoms with van der Waals surface area (Å²) >= 11 is 1.35. The van der Waals surface area contributed by atoms with Crippen molar-refractivity contribution in [2.75, 3.05) is 13.1 Å². The Morgan fingerprint density at radius 2 is 1.96 bits per heavy atom. The van der Waals surface area contributed by atoms with Crippen molar-refractivity contribution in [1.29, 1.82) is 0 Å². The Bertz CT molecular complexity index is 673. The van der Waals surface area contributed by atoms with Gasteiger partial charge in [0.25, 0.3) is 0 Å². The van der Waals surface area contributed by atoms with Crippen LogP contribution in [0.4, 0.5) is 0 Å².